The second-order valence-corrected chi connectivity index (χ2v) is 3.73. The minimum Gasteiger partial charge on any atom is -0.306 e. The molecule has 1 rings (SSSR count). The normalized spacial score (nSPS) is 9.92. The van der Waals surface area contributed by atoms with Gasteiger partial charge in [0.25, 0.3) is 0 Å². The summed E-state index contributed by atoms with van der Waals surface area (Å²) in [6.07, 6.45) is 0. The molecule has 4 heteroatoms. The average Bonchev–Trinajstić information content (AvgIpc) is 2.48. The minimum absolute atomic E-state index is 0.0314. The molecule has 0 aliphatic rings. The Morgan fingerprint density at radius 1 is 1.75 bits per heavy atom. The molecular weight excluding hydrogens is 190 g/mol. The largest absolute Gasteiger partial charge is 0.306 e. The van der Waals surface area contributed by atoms with Gasteiger partial charge in [-0.2, -0.15) is 12.6 Å². The van der Waals surface area contributed by atoms with Gasteiger partial charge in [-0.1, -0.05) is 0 Å². The van der Waals surface area contributed by atoms with Crippen LogP contribution < -0.4 is 4.90 Å². The number of thiophene rings is 1. The monoisotopic (exact) mass is 201 g/mol. The van der Waals surface area contributed by atoms with Crippen molar-refractivity contribution in [1.29, 1.82) is 0 Å². The topological polar surface area (TPSA) is 20.3 Å². The zero-order valence-electron chi connectivity index (χ0n) is 7.07. The number of carbonyl (C=O) groups excluding carboxylic acids is 1. The lowest BCUT2D eigenvalue weighted by Crippen LogP contribution is -2.26. The van der Waals surface area contributed by atoms with Gasteiger partial charge in [0.1, 0.15) is 5.00 Å². The van der Waals surface area contributed by atoms with Crippen molar-refractivity contribution in [2.45, 2.75) is 6.92 Å². The second-order valence-electron chi connectivity index (χ2n) is 2.52. The SMILES string of the molecule is Cc1ccsc1N(C)C(=O)CS. The first-order chi connectivity index (χ1) is 5.66. The van der Waals surface area contributed by atoms with Gasteiger partial charge in [-0.3, -0.25) is 4.79 Å². The van der Waals surface area contributed by atoms with Crippen LogP contribution in [0.1, 0.15) is 5.56 Å². The van der Waals surface area contributed by atoms with E-state index in [0.717, 1.165) is 10.6 Å². The number of aryl methyl sites for hydroxylation is 1. The van der Waals surface area contributed by atoms with Crippen molar-refractivity contribution >= 4 is 34.9 Å². The molecule has 0 radical (unpaired) electrons. The van der Waals surface area contributed by atoms with E-state index in [1.165, 1.54) is 0 Å². The first-order valence-electron chi connectivity index (χ1n) is 3.58. The molecule has 0 atom stereocenters. The smallest absolute Gasteiger partial charge is 0.237 e. The van der Waals surface area contributed by atoms with E-state index in [2.05, 4.69) is 12.6 Å². The zero-order chi connectivity index (χ0) is 9.14. The highest BCUT2D eigenvalue weighted by atomic mass is 32.1. The first kappa shape index (κ1) is 9.61. The molecule has 12 heavy (non-hydrogen) atoms. The number of amides is 1. The highest BCUT2D eigenvalue weighted by Gasteiger charge is 2.11. The van der Waals surface area contributed by atoms with Crippen LogP contribution in [0.15, 0.2) is 11.4 Å². The summed E-state index contributed by atoms with van der Waals surface area (Å²) in [5, 5.41) is 2.99. The Labute approximate surface area is 81.6 Å². The van der Waals surface area contributed by atoms with Crippen LogP contribution in [-0.2, 0) is 4.79 Å². The number of thiol groups is 1. The molecule has 0 N–H and O–H groups in total. The van der Waals surface area contributed by atoms with Crippen molar-refractivity contribution in [3.8, 4) is 0 Å². The van der Waals surface area contributed by atoms with E-state index >= 15 is 0 Å². The number of rotatable bonds is 2. The van der Waals surface area contributed by atoms with Gasteiger partial charge in [0, 0.05) is 7.05 Å². The summed E-state index contributed by atoms with van der Waals surface area (Å²) in [4.78, 5) is 12.9. The van der Waals surface area contributed by atoms with Crippen molar-refractivity contribution in [2.75, 3.05) is 17.7 Å². The minimum atomic E-state index is 0.0314. The molecule has 1 aromatic rings. The molecule has 1 amide bonds. The maximum atomic E-state index is 11.2. The predicted octanol–water partition coefficient (Wildman–Crippen LogP) is 1.95. The van der Waals surface area contributed by atoms with Gasteiger partial charge in [-0.15, -0.1) is 11.3 Å². The van der Waals surface area contributed by atoms with E-state index in [9.17, 15) is 4.79 Å². The number of hydrogen-bond acceptors (Lipinski definition) is 3. The summed E-state index contributed by atoms with van der Waals surface area (Å²) in [6, 6.07) is 2.00. The molecule has 0 spiro atoms. The summed E-state index contributed by atoms with van der Waals surface area (Å²) in [5.74, 6) is 0.289. The van der Waals surface area contributed by atoms with E-state index < -0.39 is 0 Å². The standard InChI is InChI=1S/C8H11NOS2/c1-6-3-4-12-8(6)9(2)7(10)5-11/h3-4,11H,5H2,1-2H3. The average molecular weight is 201 g/mol. The van der Waals surface area contributed by atoms with Gasteiger partial charge in [0.05, 0.1) is 5.75 Å². The Kier molecular flexibility index (Phi) is 3.17. The predicted molar refractivity (Wildman–Crippen MR) is 56.3 cm³/mol. The Morgan fingerprint density at radius 3 is 2.83 bits per heavy atom. The number of anilines is 1. The lowest BCUT2D eigenvalue weighted by atomic mass is 10.3. The highest BCUT2D eigenvalue weighted by molar-refractivity contribution is 7.81. The van der Waals surface area contributed by atoms with Crippen LogP contribution in [0.25, 0.3) is 0 Å². The van der Waals surface area contributed by atoms with Gasteiger partial charge < -0.3 is 4.90 Å². The van der Waals surface area contributed by atoms with Crippen molar-refractivity contribution in [2.24, 2.45) is 0 Å². The Balaban J connectivity index is 2.84. The third kappa shape index (κ3) is 1.81. The molecule has 1 heterocycles. The van der Waals surface area contributed by atoms with Crippen molar-refractivity contribution in [1.82, 2.24) is 0 Å². The summed E-state index contributed by atoms with van der Waals surface area (Å²) < 4.78 is 0. The fourth-order valence-electron chi connectivity index (χ4n) is 0.928. The molecule has 0 aliphatic heterocycles. The van der Waals surface area contributed by atoms with Gasteiger partial charge in [-0.05, 0) is 23.9 Å². The molecule has 0 bridgehead atoms. The third-order valence-corrected chi connectivity index (χ3v) is 3.01. The molecule has 0 fully saturated rings. The number of hydrogen-bond donors (Lipinski definition) is 1. The maximum Gasteiger partial charge on any atom is 0.237 e. The number of nitrogens with zero attached hydrogens (tertiary/aromatic N) is 1. The van der Waals surface area contributed by atoms with E-state index in [1.807, 2.05) is 18.4 Å². The fourth-order valence-corrected chi connectivity index (χ4v) is 2.05. The van der Waals surface area contributed by atoms with Crippen molar-refractivity contribution in [3.05, 3.63) is 17.0 Å². The van der Waals surface area contributed by atoms with Gasteiger partial charge in [-0.25, -0.2) is 0 Å². The Hall–Kier alpha value is -0.480. The third-order valence-electron chi connectivity index (χ3n) is 1.65. The molecule has 0 aromatic carbocycles. The van der Waals surface area contributed by atoms with Crippen LogP contribution in [0.3, 0.4) is 0 Å². The van der Waals surface area contributed by atoms with E-state index in [-0.39, 0.29) is 11.7 Å². The molecular formula is C8H11NOS2. The van der Waals surface area contributed by atoms with Crippen LogP contribution in [0, 0.1) is 6.92 Å². The maximum absolute atomic E-state index is 11.2. The lowest BCUT2D eigenvalue weighted by molar-refractivity contribution is -0.115. The molecule has 0 saturated heterocycles. The molecule has 66 valence electrons. The Bertz CT molecular complexity index is 282. The molecule has 0 aliphatic carbocycles. The fraction of sp³-hybridized carbons (Fsp3) is 0.375. The van der Waals surface area contributed by atoms with Gasteiger partial charge in [0.2, 0.25) is 5.91 Å². The van der Waals surface area contributed by atoms with Gasteiger partial charge >= 0.3 is 0 Å². The quantitative estimate of drug-likeness (QED) is 0.725. The zero-order valence-corrected chi connectivity index (χ0v) is 8.78. The van der Waals surface area contributed by atoms with Gasteiger partial charge in [0.15, 0.2) is 0 Å². The summed E-state index contributed by atoms with van der Waals surface area (Å²) in [6.45, 7) is 1.99. The summed E-state index contributed by atoms with van der Waals surface area (Å²) in [7, 11) is 1.78. The molecule has 0 unspecified atom stereocenters. The van der Waals surface area contributed by atoms with Crippen molar-refractivity contribution in [3.63, 3.8) is 0 Å². The van der Waals surface area contributed by atoms with Crippen LogP contribution in [0.4, 0.5) is 5.00 Å². The first-order valence-corrected chi connectivity index (χ1v) is 5.09. The van der Waals surface area contributed by atoms with Crippen LogP contribution >= 0.6 is 24.0 Å². The molecule has 2 nitrogen and oxygen atoms in total. The van der Waals surface area contributed by atoms with E-state index in [1.54, 1.807) is 23.3 Å². The van der Waals surface area contributed by atoms with E-state index in [0.29, 0.717) is 0 Å². The number of carbonyl (C=O) groups is 1. The summed E-state index contributed by atoms with van der Waals surface area (Å²) in [5.41, 5.74) is 1.14. The molecule has 1 aromatic heterocycles. The molecule has 0 saturated carbocycles. The second kappa shape index (κ2) is 3.96. The highest BCUT2D eigenvalue weighted by Crippen LogP contribution is 2.25. The van der Waals surface area contributed by atoms with Crippen LogP contribution in [0.5, 0.6) is 0 Å². The lowest BCUT2D eigenvalue weighted by Gasteiger charge is -2.14. The van der Waals surface area contributed by atoms with Crippen LogP contribution in [0.2, 0.25) is 0 Å². The van der Waals surface area contributed by atoms with Crippen LogP contribution in [-0.4, -0.2) is 18.7 Å². The summed E-state index contributed by atoms with van der Waals surface area (Å²) >= 11 is 5.51. The Morgan fingerprint density at radius 2 is 2.42 bits per heavy atom. The van der Waals surface area contributed by atoms with Crippen molar-refractivity contribution < 1.29 is 4.79 Å². The van der Waals surface area contributed by atoms with E-state index in [4.69, 9.17) is 0 Å².